The van der Waals surface area contributed by atoms with Gasteiger partial charge in [-0.05, 0) is 23.3 Å². The molecule has 3 rings (SSSR count). The van der Waals surface area contributed by atoms with Crippen LogP contribution in [0, 0.1) is 5.41 Å². The van der Waals surface area contributed by atoms with Gasteiger partial charge in [0.1, 0.15) is 5.84 Å². The summed E-state index contributed by atoms with van der Waals surface area (Å²) in [5.74, 6) is 0.296. The number of nitrogens with zero attached hydrogens (tertiary/aromatic N) is 1. The highest BCUT2D eigenvalue weighted by molar-refractivity contribution is 6.00. The quantitative estimate of drug-likeness (QED) is 0.894. The Morgan fingerprint density at radius 3 is 2.57 bits per heavy atom. The third kappa shape index (κ3) is 2.82. The van der Waals surface area contributed by atoms with Crippen molar-refractivity contribution in [2.75, 3.05) is 7.05 Å². The maximum atomic E-state index is 12.1. The van der Waals surface area contributed by atoms with Crippen LogP contribution < -0.4 is 5.56 Å². The van der Waals surface area contributed by atoms with Crippen LogP contribution in [-0.2, 0) is 10.2 Å². The van der Waals surface area contributed by atoms with Gasteiger partial charge in [-0.3, -0.25) is 15.0 Å². The van der Waals surface area contributed by atoms with Crippen LogP contribution in [0.15, 0.2) is 47.3 Å². The van der Waals surface area contributed by atoms with Gasteiger partial charge in [-0.1, -0.05) is 31.2 Å². The molecular weight excluding hydrogens is 290 g/mol. The maximum absolute atomic E-state index is 12.1. The van der Waals surface area contributed by atoms with Crippen molar-refractivity contribution in [1.29, 1.82) is 5.41 Å². The van der Waals surface area contributed by atoms with Crippen molar-refractivity contribution in [2.45, 2.75) is 25.2 Å². The molecule has 1 amide bonds. The normalized spacial score (nSPS) is 21.6. The lowest BCUT2D eigenvalue weighted by Crippen LogP contribution is -2.46. The average molecular weight is 309 g/mol. The monoisotopic (exact) mass is 309 g/mol. The summed E-state index contributed by atoms with van der Waals surface area (Å²) >= 11 is 0. The molecule has 0 unspecified atom stereocenters. The first-order valence-electron chi connectivity index (χ1n) is 7.53. The largest absolute Gasteiger partial charge is 0.322 e. The standard InChI is InChI=1S/C18H19N3O2/c1-18(10-15(19)21(2)17(23)11-18)13-6-3-5-12(9-13)14-7-4-8-16(22)20-14/h3-9,19H,10-11H2,1-2H3,(H,20,22)/t18-/m0/s1. The molecule has 0 bridgehead atoms. The number of piperidine rings is 1. The number of aromatic amines is 1. The van der Waals surface area contributed by atoms with E-state index < -0.39 is 5.41 Å². The number of hydrogen-bond donors (Lipinski definition) is 2. The molecule has 1 aliphatic heterocycles. The molecule has 1 fully saturated rings. The molecule has 0 radical (unpaired) electrons. The Bertz CT molecular complexity index is 820. The van der Waals surface area contributed by atoms with Crippen molar-refractivity contribution in [3.8, 4) is 11.3 Å². The fourth-order valence-electron chi connectivity index (χ4n) is 3.04. The van der Waals surface area contributed by atoms with Gasteiger partial charge in [-0.2, -0.15) is 0 Å². The van der Waals surface area contributed by atoms with Crippen molar-refractivity contribution in [2.24, 2.45) is 0 Å². The van der Waals surface area contributed by atoms with Gasteiger partial charge < -0.3 is 9.88 Å². The molecule has 1 aromatic heterocycles. The lowest BCUT2D eigenvalue weighted by Gasteiger charge is -2.38. The van der Waals surface area contributed by atoms with Crippen molar-refractivity contribution in [1.82, 2.24) is 9.88 Å². The number of rotatable bonds is 2. The van der Waals surface area contributed by atoms with Crippen LogP contribution >= 0.6 is 0 Å². The number of carbonyl (C=O) groups is 1. The molecule has 1 aliphatic rings. The minimum Gasteiger partial charge on any atom is -0.322 e. The summed E-state index contributed by atoms with van der Waals surface area (Å²) in [6.45, 7) is 2.01. The van der Waals surface area contributed by atoms with E-state index in [0.29, 0.717) is 18.7 Å². The van der Waals surface area contributed by atoms with Crippen LogP contribution in [0.3, 0.4) is 0 Å². The number of likely N-dealkylation sites (tertiary alicyclic amines) is 1. The highest BCUT2D eigenvalue weighted by atomic mass is 16.2. The number of benzene rings is 1. The van der Waals surface area contributed by atoms with Gasteiger partial charge in [0.15, 0.2) is 0 Å². The Balaban J connectivity index is 2.01. The minimum atomic E-state index is -0.397. The predicted octanol–water partition coefficient (Wildman–Crippen LogP) is 2.53. The van der Waals surface area contributed by atoms with Crippen LogP contribution in [0.5, 0.6) is 0 Å². The molecule has 2 aromatic rings. The summed E-state index contributed by atoms with van der Waals surface area (Å²) in [7, 11) is 1.65. The number of pyridine rings is 1. The van der Waals surface area contributed by atoms with Crippen LogP contribution in [-0.4, -0.2) is 28.7 Å². The molecule has 0 saturated carbocycles. The smallest absolute Gasteiger partial charge is 0.248 e. The van der Waals surface area contributed by atoms with Crippen molar-refractivity contribution < 1.29 is 4.79 Å². The van der Waals surface area contributed by atoms with E-state index in [4.69, 9.17) is 5.41 Å². The minimum absolute atomic E-state index is 0.0396. The number of hydrogen-bond acceptors (Lipinski definition) is 3. The van der Waals surface area contributed by atoms with Gasteiger partial charge >= 0.3 is 0 Å². The van der Waals surface area contributed by atoms with E-state index in [1.807, 2.05) is 37.3 Å². The third-order valence-electron chi connectivity index (χ3n) is 4.52. The first-order valence-corrected chi connectivity index (χ1v) is 7.53. The Morgan fingerprint density at radius 1 is 1.13 bits per heavy atom. The van der Waals surface area contributed by atoms with E-state index >= 15 is 0 Å². The van der Waals surface area contributed by atoms with E-state index in [1.54, 1.807) is 13.1 Å². The lowest BCUT2D eigenvalue weighted by molar-refractivity contribution is -0.128. The zero-order chi connectivity index (χ0) is 16.6. The summed E-state index contributed by atoms with van der Waals surface area (Å²) in [5, 5.41) is 8.03. The lowest BCUT2D eigenvalue weighted by atomic mass is 9.73. The Hall–Kier alpha value is -2.69. The number of H-pyrrole nitrogens is 1. The van der Waals surface area contributed by atoms with Gasteiger partial charge in [-0.25, -0.2) is 0 Å². The highest BCUT2D eigenvalue weighted by Crippen LogP contribution is 2.37. The molecule has 5 nitrogen and oxygen atoms in total. The molecule has 0 aliphatic carbocycles. The second kappa shape index (κ2) is 5.50. The molecule has 0 spiro atoms. The molecule has 2 N–H and O–H groups in total. The summed E-state index contributed by atoms with van der Waals surface area (Å²) in [5.41, 5.74) is 2.11. The van der Waals surface area contributed by atoms with Crippen molar-refractivity contribution in [3.63, 3.8) is 0 Å². The van der Waals surface area contributed by atoms with E-state index in [9.17, 15) is 9.59 Å². The molecule has 1 saturated heterocycles. The van der Waals surface area contributed by atoms with Gasteiger partial charge in [0, 0.05) is 37.1 Å². The number of carbonyl (C=O) groups excluding carboxylic acids is 1. The average Bonchev–Trinajstić information content (AvgIpc) is 2.53. The fraction of sp³-hybridized carbons (Fsp3) is 0.278. The molecule has 1 atom stereocenters. The summed E-state index contributed by atoms with van der Waals surface area (Å²) < 4.78 is 0. The van der Waals surface area contributed by atoms with Crippen LogP contribution in [0.2, 0.25) is 0 Å². The van der Waals surface area contributed by atoms with Gasteiger partial charge in [0.25, 0.3) is 0 Å². The number of aromatic nitrogens is 1. The molecular formula is C18H19N3O2. The Morgan fingerprint density at radius 2 is 1.87 bits per heavy atom. The molecule has 23 heavy (non-hydrogen) atoms. The number of amidine groups is 1. The van der Waals surface area contributed by atoms with Crippen LogP contribution in [0.25, 0.3) is 11.3 Å². The zero-order valence-electron chi connectivity index (χ0n) is 13.2. The SMILES string of the molecule is CN1C(=N)C[C@](C)(c2cccc(-c3cccc(=O)[nH]3)c2)CC1=O. The second-order valence-electron chi connectivity index (χ2n) is 6.32. The van der Waals surface area contributed by atoms with E-state index in [1.165, 1.54) is 11.0 Å². The maximum Gasteiger partial charge on any atom is 0.248 e. The van der Waals surface area contributed by atoms with Crippen molar-refractivity contribution >= 4 is 11.7 Å². The first-order chi connectivity index (χ1) is 10.9. The van der Waals surface area contributed by atoms with Gasteiger partial charge in [0.2, 0.25) is 11.5 Å². The van der Waals surface area contributed by atoms with Gasteiger partial charge in [-0.15, -0.1) is 0 Å². The second-order valence-corrected chi connectivity index (χ2v) is 6.32. The molecule has 118 valence electrons. The zero-order valence-corrected chi connectivity index (χ0v) is 13.2. The molecule has 2 heterocycles. The van der Waals surface area contributed by atoms with E-state index in [-0.39, 0.29) is 11.5 Å². The fourth-order valence-corrected chi connectivity index (χ4v) is 3.04. The van der Waals surface area contributed by atoms with Gasteiger partial charge in [0.05, 0.1) is 0 Å². The first kappa shape index (κ1) is 15.2. The molecule has 1 aromatic carbocycles. The summed E-state index contributed by atoms with van der Waals surface area (Å²) in [6, 6.07) is 12.9. The molecule has 5 heteroatoms. The van der Waals surface area contributed by atoms with E-state index in [0.717, 1.165) is 16.8 Å². The predicted molar refractivity (Wildman–Crippen MR) is 89.6 cm³/mol. The number of nitrogens with one attached hydrogen (secondary N) is 2. The highest BCUT2D eigenvalue weighted by Gasteiger charge is 2.38. The van der Waals surface area contributed by atoms with Crippen LogP contribution in [0.1, 0.15) is 25.3 Å². The number of amides is 1. The Kier molecular flexibility index (Phi) is 3.64. The Labute approximate surface area is 134 Å². The summed E-state index contributed by atoms with van der Waals surface area (Å²) in [4.78, 5) is 27.9. The van der Waals surface area contributed by atoms with Crippen LogP contribution in [0.4, 0.5) is 0 Å². The third-order valence-corrected chi connectivity index (χ3v) is 4.52. The van der Waals surface area contributed by atoms with Crippen molar-refractivity contribution in [3.05, 3.63) is 58.4 Å². The summed E-state index contributed by atoms with van der Waals surface area (Å²) in [6.07, 6.45) is 0.893. The topological polar surface area (TPSA) is 77.0 Å². The van der Waals surface area contributed by atoms with E-state index in [2.05, 4.69) is 4.98 Å².